The van der Waals surface area contributed by atoms with Gasteiger partial charge in [0.1, 0.15) is 5.52 Å². The molecule has 146 valence electrons. The molecule has 0 fully saturated rings. The number of pyridine rings is 1. The molecule has 0 aliphatic rings. The lowest BCUT2D eigenvalue weighted by atomic mass is 10.2. The summed E-state index contributed by atoms with van der Waals surface area (Å²) >= 11 is 15.6. The molecule has 0 unspecified atom stereocenters. The van der Waals surface area contributed by atoms with Gasteiger partial charge in [0.15, 0.2) is 11.3 Å². The van der Waals surface area contributed by atoms with E-state index in [1.807, 2.05) is 6.07 Å². The Balaban J connectivity index is 1.61. The zero-order valence-electron chi connectivity index (χ0n) is 14.9. The van der Waals surface area contributed by atoms with E-state index in [1.54, 1.807) is 30.6 Å². The van der Waals surface area contributed by atoms with E-state index < -0.39 is 0 Å². The number of nitrogens with one attached hydrogen (secondary N) is 1. The van der Waals surface area contributed by atoms with Gasteiger partial charge in [-0.2, -0.15) is 0 Å². The number of anilines is 1. The molecule has 9 heteroatoms. The van der Waals surface area contributed by atoms with Gasteiger partial charge in [-0.3, -0.25) is 9.78 Å². The third-order valence-electron chi connectivity index (χ3n) is 4.06. The van der Waals surface area contributed by atoms with Gasteiger partial charge in [0.2, 0.25) is 5.89 Å². The predicted octanol–water partition coefficient (Wildman–Crippen LogP) is 6.22. The van der Waals surface area contributed by atoms with Crippen molar-refractivity contribution in [1.29, 1.82) is 0 Å². The van der Waals surface area contributed by atoms with E-state index in [1.165, 1.54) is 19.2 Å². The minimum Gasteiger partial charge on any atom is -0.494 e. The molecule has 4 aromatic rings. The molecule has 0 saturated heterocycles. The maximum atomic E-state index is 12.6. The number of fused-ring (bicyclic) bond motifs is 1. The first-order valence-corrected chi connectivity index (χ1v) is 9.85. The van der Waals surface area contributed by atoms with Crippen LogP contribution in [0.15, 0.2) is 57.7 Å². The number of methoxy groups -OCH3 is 1. The highest BCUT2D eigenvalue weighted by molar-refractivity contribution is 9.10. The van der Waals surface area contributed by atoms with Crippen molar-refractivity contribution in [2.75, 3.05) is 12.4 Å². The molecule has 0 bridgehead atoms. The topological polar surface area (TPSA) is 77.2 Å². The summed E-state index contributed by atoms with van der Waals surface area (Å²) in [5.41, 5.74) is 2.79. The molecule has 29 heavy (non-hydrogen) atoms. The summed E-state index contributed by atoms with van der Waals surface area (Å²) in [5, 5.41) is 3.31. The van der Waals surface area contributed by atoms with Crippen molar-refractivity contribution in [1.82, 2.24) is 9.97 Å². The van der Waals surface area contributed by atoms with Crippen LogP contribution in [0.5, 0.6) is 5.75 Å². The molecule has 0 saturated carbocycles. The summed E-state index contributed by atoms with van der Waals surface area (Å²) in [6.07, 6.45) is 3.34. The van der Waals surface area contributed by atoms with Crippen molar-refractivity contribution in [3.8, 4) is 17.2 Å². The van der Waals surface area contributed by atoms with Crippen LogP contribution < -0.4 is 10.1 Å². The first kappa shape index (κ1) is 19.7. The van der Waals surface area contributed by atoms with Crippen LogP contribution in [0.3, 0.4) is 0 Å². The highest BCUT2D eigenvalue weighted by atomic mass is 79.9. The average molecular weight is 493 g/mol. The SMILES string of the molecule is COc1c(Cl)cc(C(=O)Nc2ccc3oc(-c4cncc(Br)c4)nc3c2)cc1Cl. The molecule has 4 rings (SSSR count). The van der Waals surface area contributed by atoms with E-state index >= 15 is 0 Å². The summed E-state index contributed by atoms with van der Waals surface area (Å²) in [4.78, 5) is 21.2. The standard InChI is InChI=1S/C20H12BrCl2N3O3/c1-28-18-14(22)5-10(6-15(18)23)19(27)25-13-2-3-17-16(7-13)26-20(29-17)11-4-12(21)9-24-8-11/h2-9H,1H3,(H,25,27). The van der Waals surface area contributed by atoms with E-state index in [0.717, 1.165) is 10.0 Å². The largest absolute Gasteiger partial charge is 0.494 e. The zero-order valence-corrected chi connectivity index (χ0v) is 18.0. The second-order valence-electron chi connectivity index (χ2n) is 6.02. The molecular weight excluding hydrogens is 481 g/mol. The monoisotopic (exact) mass is 491 g/mol. The van der Waals surface area contributed by atoms with E-state index in [4.69, 9.17) is 32.4 Å². The Bertz CT molecular complexity index is 1220. The van der Waals surface area contributed by atoms with Gasteiger partial charge >= 0.3 is 0 Å². The molecule has 1 amide bonds. The van der Waals surface area contributed by atoms with Crippen molar-refractivity contribution in [3.05, 3.63) is 68.9 Å². The molecule has 0 aliphatic carbocycles. The third-order valence-corrected chi connectivity index (χ3v) is 5.06. The van der Waals surface area contributed by atoms with Gasteiger partial charge in [-0.25, -0.2) is 4.98 Å². The van der Waals surface area contributed by atoms with Gasteiger partial charge in [0.05, 0.1) is 22.7 Å². The summed E-state index contributed by atoms with van der Waals surface area (Å²) in [6, 6.07) is 10.0. The van der Waals surface area contributed by atoms with Crippen molar-refractivity contribution in [2.24, 2.45) is 0 Å². The molecule has 1 N–H and O–H groups in total. The average Bonchev–Trinajstić information content (AvgIpc) is 3.11. The summed E-state index contributed by atoms with van der Waals surface area (Å²) in [7, 11) is 1.46. The number of benzene rings is 2. The highest BCUT2D eigenvalue weighted by Gasteiger charge is 2.15. The first-order valence-electron chi connectivity index (χ1n) is 8.30. The van der Waals surface area contributed by atoms with Gasteiger partial charge in [-0.1, -0.05) is 23.2 Å². The van der Waals surface area contributed by atoms with Crippen molar-refractivity contribution in [3.63, 3.8) is 0 Å². The highest BCUT2D eigenvalue weighted by Crippen LogP contribution is 2.34. The van der Waals surface area contributed by atoms with Gasteiger partial charge < -0.3 is 14.5 Å². The maximum absolute atomic E-state index is 12.6. The van der Waals surface area contributed by atoms with E-state index in [9.17, 15) is 4.79 Å². The number of amides is 1. The van der Waals surface area contributed by atoms with Crippen molar-refractivity contribution < 1.29 is 13.9 Å². The van der Waals surface area contributed by atoms with Crippen LogP contribution in [-0.4, -0.2) is 23.0 Å². The fraction of sp³-hybridized carbons (Fsp3) is 0.0500. The number of aromatic nitrogens is 2. The predicted molar refractivity (Wildman–Crippen MR) is 116 cm³/mol. The van der Waals surface area contributed by atoms with E-state index in [2.05, 4.69) is 31.2 Å². The van der Waals surface area contributed by atoms with Gasteiger partial charge in [0.25, 0.3) is 5.91 Å². The molecule has 2 aromatic heterocycles. The van der Waals surface area contributed by atoms with Gasteiger partial charge in [0, 0.05) is 28.1 Å². The number of hydrogen-bond donors (Lipinski definition) is 1. The Labute approximate surface area is 183 Å². The number of carbonyl (C=O) groups excluding carboxylic acids is 1. The van der Waals surface area contributed by atoms with Crippen molar-refractivity contribution in [2.45, 2.75) is 0 Å². The van der Waals surface area contributed by atoms with Gasteiger partial charge in [-0.05, 0) is 52.3 Å². The fourth-order valence-corrected chi connectivity index (χ4v) is 3.75. The Kier molecular flexibility index (Phi) is 5.45. The molecule has 2 aromatic carbocycles. The van der Waals surface area contributed by atoms with Crippen LogP contribution in [0, 0.1) is 0 Å². The number of rotatable bonds is 4. The molecule has 0 atom stereocenters. The lowest BCUT2D eigenvalue weighted by Crippen LogP contribution is -2.12. The summed E-state index contributed by atoms with van der Waals surface area (Å²) in [6.45, 7) is 0. The Morgan fingerprint density at radius 2 is 1.90 bits per heavy atom. The number of hydrogen-bond acceptors (Lipinski definition) is 5. The normalized spacial score (nSPS) is 10.9. The maximum Gasteiger partial charge on any atom is 0.255 e. The molecule has 0 spiro atoms. The molecule has 0 aliphatic heterocycles. The Morgan fingerprint density at radius 1 is 1.14 bits per heavy atom. The lowest BCUT2D eigenvalue weighted by molar-refractivity contribution is 0.102. The van der Waals surface area contributed by atoms with Crippen LogP contribution >= 0.6 is 39.1 Å². The number of halogens is 3. The number of ether oxygens (including phenoxy) is 1. The molecule has 2 heterocycles. The van der Waals surface area contributed by atoms with Crippen LogP contribution in [0.1, 0.15) is 10.4 Å². The number of nitrogens with zero attached hydrogens (tertiary/aromatic N) is 2. The van der Waals surface area contributed by atoms with Crippen molar-refractivity contribution >= 4 is 61.8 Å². The second kappa shape index (κ2) is 8.02. The van der Waals surface area contributed by atoms with Crippen LogP contribution in [0.25, 0.3) is 22.6 Å². The first-order chi connectivity index (χ1) is 13.9. The fourth-order valence-electron chi connectivity index (χ4n) is 2.75. The smallest absolute Gasteiger partial charge is 0.255 e. The minimum atomic E-state index is -0.365. The second-order valence-corrected chi connectivity index (χ2v) is 7.75. The lowest BCUT2D eigenvalue weighted by Gasteiger charge is -2.09. The van der Waals surface area contributed by atoms with Crippen LogP contribution in [0.2, 0.25) is 10.0 Å². The van der Waals surface area contributed by atoms with Crippen LogP contribution in [-0.2, 0) is 0 Å². The molecule has 0 radical (unpaired) electrons. The number of carbonyl (C=O) groups is 1. The van der Waals surface area contributed by atoms with Crippen LogP contribution in [0.4, 0.5) is 5.69 Å². The quantitative estimate of drug-likeness (QED) is 0.366. The third kappa shape index (κ3) is 4.07. The summed E-state index contributed by atoms with van der Waals surface area (Å²) < 4.78 is 11.7. The molecular formula is C20H12BrCl2N3O3. The van der Waals surface area contributed by atoms with Gasteiger partial charge in [-0.15, -0.1) is 0 Å². The minimum absolute atomic E-state index is 0.254. The summed E-state index contributed by atoms with van der Waals surface area (Å²) in [5.74, 6) is 0.394. The van der Waals surface area contributed by atoms with E-state index in [0.29, 0.717) is 34.0 Å². The Hall–Kier alpha value is -2.61. The molecule has 6 nitrogen and oxygen atoms in total. The Morgan fingerprint density at radius 3 is 2.59 bits per heavy atom. The number of oxazole rings is 1. The van der Waals surface area contributed by atoms with E-state index in [-0.39, 0.29) is 16.0 Å². The zero-order chi connectivity index (χ0) is 20.5.